The number of fused-ring (bicyclic) bond motifs is 1. The number of aromatic nitrogens is 2. The minimum Gasteiger partial charge on any atom is -0.494 e. The molecule has 2 rings (SSSR count). The molecule has 0 saturated carbocycles. The van der Waals surface area contributed by atoms with Gasteiger partial charge in [0.25, 0.3) is 0 Å². The van der Waals surface area contributed by atoms with Gasteiger partial charge < -0.3 is 9.30 Å². The zero-order valence-corrected chi connectivity index (χ0v) is 11.9. The summed E-state index contributed by atoms with van der Waals surface area (Å²) in [5, 5.41) is 0. The second-order valence-electron chi connectivity index (χ2n) is 4.35. The van der Waals surface area contributed by atoms with Gasteiger partial charge in [0.05, 0.1) is 23.5 Å². The molecule has 102 valence electrons. The molecule has 5 heteroatoms. The first-order chi connectivity index (χ1) is 9.15. The van der Waals surface area contributed by atoms with Gasteiger partial charge in [-0.05, 0) is 26.0 Å². The Hall–Kier alpha value is -1.55. The summed E-state index contributed by atoms with van der Waals surface area (Å²) in [6.07, 6.45) is 0.489. The Morgan fingerprint density at radius 3 is 2.89 bits per heavy atom. The molecule has 0 atom stereocenters. The first-order valence-electron chi connectivity index (χ1n) is 6.33. The van der Waals surface area contributed by atoms with Crippen LogP contribution in [0.2, 0.25) is 0 Å². The number of rotatable bonds is 6. The molecule has 1 aromatic carbocycles. The van der Waals surface area contributed by atoms with Crippen molar-refractivity contribution in [2.75, 3.05) is 6.61 Å². The molecule has 0 aliphatic rings. The van der Waals surface area contributed by atoms with E-state index in [2.05, 4.69) is 4.98 Å². The Kier molecular flexibility index (Phi) is 4.43. The average molecular weight is 281 g/mol. The van der Waals surface area contributed by atoms with Crippen LogP contribution in [0.15, 0.2) is 18.2 Å². The zero-order chi connectivity index (χ0) is 13.8. The third-order valence-electron chi connectivity index (χ3n) is 2.92. The van der Waals surface area contributed by atoms with E-state index < -0.39 is 0 Å². The van der Waals surface area contributed by atoms with Gasteiger partial charge in [-0.15, -0.1) is 11.6 Å². The van der Waals surface area contributed by atoms with E-state index in [9.17, 15) is 4.79 Å². The smallest absolute Gasteiger partial charge is 0.131 e. The number of aryl methyl sites for hydroxylation is 1. The highest BCUT2D eigenvalue weighted by atomic mass is 35.5. The lowest BCUT2D eigenvalue weighted by molar-refractivity contribution is -0.117. The molecular formula is C14H17ClN2O2. The normalized spacial score (nSPS) is 10.9. The summed E-state index contributed by atoms with van der Waals surface area (Å²) in [7, 11) is 0. The molecule has 0 amide bonds. The van der Waals surface area contributed by atoms with Crippen LogP contribution in [0.1, 0.15) is 26.1 Å². The summed E-state index contributed by atoms with van der Waals surface area (Å²) in [4.78, 5) is 15.6. The maximum atomic E-state index is 11.1. The van der Waals surface area contributed by atoms with Crippen molar-refractivity contribution < 1.29 is 9.53 Å². The van der Waals surface area contributed by atoms with Gasteiger partial charge in [0.2, 0.25) is 0 Å². The van der Waals surface area contributed by atoms with Crippen molar-refractivity contribution in [3.05, 3.63) is 24.0 Å². The molecular weight excluding hydrogens is 264 g/mol. The molecule has 19 heavy (non-hydrogen) atoms. The number of ketones is 1. The second kappa shape index (κ2) is 6.06. The van der Waals surface area contributed by atoms with Crippen LogP contribution in [0.3, 0.4) is 0 Å². The van der Waals surface area contributed by atoms with Gasteiger partial charge >= 0.3 is 0 Å². The van der Waals surface area contributed by atoms with Crippen LogP contribution in [0.4, 0.5) is 0 Å². The summed E-state index contributed by atoms with van der Waals surface area (Å²) >= 11 is 5.92. The maximum Gasteiger partial charge on any atom is 0.131 e. The van der Waals surface area contributed by atoms with Crippen LogP contribution >= 0.6 is 11.6 Å². The highest BCUT2D eigenvalue weighted by molar-refractivity contribution is 6.16. The monoisotopic (exact) mass is 280 g/mol. The minimum absolute atomic E-state index is 0.160. The molecule has 0 N–H and O–H groups in total. The minimum atomic E-state index is 0.160. The van der Waals surface area contributed by atoms with Gasteiger partial charge in [-0.25, -0.2) is 4.98 Å². The van der Waals surface area contributed by atoms with Crippen molar-refractivity contribution in [3.8, 4) is 5.75 Å². The summed E-state index contributed by atoms with van der Waals surface area (Å²) in [5.41, 5.74) is 1.84. The van der Waals surface area contributed by atoms with Gasteiger partial charge in [0, 0.05) is 19.0 Å². The first-order valence-corrected chi connectivity index (χ1v) is 6.86. The fourth-order valence-corrected chi connectivity index (χ4v) is 2.24. The van der Waals surface area contributed by atoms with Crippen LogP contribution in [0.5, 0.6) is 5.75 Å². The third kappa shape index (κ3) is 3.07. The molecule has 0 unspecified atom stereocenters. The van der Waals surface area contributed by atoms with Crippen molar-refractivity contribution in [1.82, 2.24) is 9.55 Å². The fraction of sp³-hybridized carbons (Fsp3) is 0.429. The summed E-state index contributed by atoms with van der Waals surface area (Å²) < 4.78 is 7.46. The lowest BCUT2D eigenvalue weighted by atomic mass is 10.2. The highest BCUT2D eigenvalue weighted by Crippen LogP contribution is 2.23. The number of carbonyl (C=O) groups excluding carboxylic acids is 1. The lowest BCUT2D eigenvalue weighted by Crippen LogP contribution is -2.05. The first kappa shape index (κ1) is 13.9. The molecule has 0 aliphatic carbocycles. The Morgan fingerprint density at radius 1 is 1.47 bits per heavy atom. The van der Waals surface area contributed by atoms with E-state index in [4.69, 9.17) is 16.3 Å². The van der Waals surface area contributed by atoms with Crippen molar-refractivity contribution in [1.29, 1.82) is 0 Å². The number of Topliss-reactive ketones (excluding diaryl/α,β-unsaturated/α-hetero) is 1. The van der Waals surface area contributed by atoms with Crippen molar-refractivity contribution >= 4 is 28.4 Å². The molecule has 1 heterocycles. The maximum absolute atomic E-state index is 11.1. The molecule has 0 aliphatic heterocycles. The van der Waals surface area contributed by atoms with Crippen LogP contribution in [0.25, 0.3) is 11.0 Å². The fourth-order valence-electron chi connectivity index (χ4n) is 2.04. The summed E-state index contributed by atoms with van der Waals surface area (Å²) in [5.74, 6) is 2.07. The molecule has 0 spiro atoms. The number of nitrogens with zero attached hydrogens (tertiary/aromatic N) is 2. The van der Waals surface area contributed by atoms with Gasteiger partial charge in [0.1, 0.15) is 17.4 Å². The van der Waals surface area contributed by atoms with E-state index in [-0.39, 0.29) is 5.78 Å². The molecule has 0 fully saturated rings. The van der Waals surface area contributed by atoms with E-state index in [1.807, 2.05) is 29.7 Å². The Morgan fingerprint density at radius 2 is 2.26 bits per heavy atom. The SMILES string of the molecule is CCOc1ccc2c(c1)nc(CCl)n2CCC(C)=O. The van der Waals surface area contributed by atoms with Crippen LogP contribution in [0, 0.1) is 0 Å². The largest absolute Gasteiger partial charge is 0.494 e. The molecule has 2 aromatic rings. The van der Waals surface area contributed by atoms with Crippen molar-refractivity contribution in [2.45, 2.75) is 32.7 Å². The molecule has 0 bridgehead atoms. The lowest BCUT2D eigenvalue weighted by Gasteiger charge is -2.06. The van der Waals surface area contributed by atoms with Crippen molar-refractivity contribution in [2.24, 2.45) is 0 Å². The Bertz CT molecular complexity index is 592. The number of alkyl halides is 1. The number of hydrogen-bond donors (Lipinski definition) is 0. The number of hydrogen-bond acceptors (Lipinski definition) is 3. The van der Waals surface area contributed by atoms with Gasteiger partial charge in [-0.2, -0.15) is 0 Å². The molecule has 4 nitrogen and oxygen atoms in total. The van der Waals surface area contributed by atoms with Gasteiger partial charge in [-0.1, -0.05) is 0 Å². The van der Waals surface area contributed by atoms with E-state index in [0.29, 0.717) is 25.5 Å². The molecule has 1 aromatic heterocycles. The number of ether oxygens (including phenoxy) is 1. The van der Waals surface area contributed by atoms with E-state index in [0.717, 1.165) is 22.6 Å². The van der Waals surface area contributed by atoms with Crippen LogP contribution < -0.4 is 4.74 Å². The summed E-state index contributed by atoms with van der Waals surface area (Å²) in [6.45, 7) is 4.77. The van der Waals surface area contributed by atoms with E-state index >= 15 is 0 Å². The topological polar surface area (TPSA) is 44.1 Å². The highest BCUT2D eigenvalue weighted by Gasteiger charge is 2.11. The van der Waals surface area contributed by atoms with Crippen molar-refractivity contribution in [3.63, 3.8) is 0 Å². The average Bonchev–Trinajstić information content (AvgIpc) is 2.73. The van der Waals surface area contributed by atoms with Gasteiger partial charge in [-0.3, -0.25) is 4.79 Å². The molecule has 0 radical (unpaired) electrons. The zero-order valence-electron chi connectivity index (χ0n) is 11.1. The number of imidazole rings is 1. The Balaban J connectivity index is 2.40. The van der Waals surface area contributed by atoms with E-state index in [1.165, 1.54) is 0 Å². The summed E-state index contributed by atoms with van der Waals surface area (Å²) in [6, 6.07) is 5.78. The quantitative estimate of drug-likeness (QED) is 0.764. The Labute approximate surface area is 117 Å². The van der Waals surface area contributed by atoms with Crippen LogP contribution in [-0.4, -0.2) is 21.9 Å². The number of benzene rings is 1. The van der Waals surface area contributed by atoms with E-state index in [1.54, 1.807) is 6.92 Å². The predicted molar refractivity (Wildman–Crippen MR) is 75.8 cm³/mol. The third-order valence-corrected chi connectivity index (χ3v) is 3.16. The standard InChI is InChI=1S/C14H17ClN2O2/c1-3-19-11-4-5-13-12(8-11)16-14(9-15)17(13)7-6-10(2)18/h4-5,8H,3,6-7,9H2,1-2H3. The predicted octanol–water partition coefficient (Wildman–Crippen LogP) is 3.15. The van der Waals surface area contributed by atoms with Crippen LogP contribution in [-0.2, 0) is 17.2 Å². The number of carbonyl (C=O) groups is 1. The number of halogens is 1. The van der Waals surface area contributed by atoms with Gasteiger partial charge in [0.15, 0.2) is 0 Å². The molecule has 0 saturated heterocycles. The second-order valence-corrected chi connectivity index (χ2v) is 4.62.